The van der Waals surface area contributed by atoms with E-state index in [0.717, 1.165) is 6.42 Å². The Labute approximate surface area is 128 Å². The summed E-state index contributed by atoms with van der Waals surface area (Å²) in [5.74, 6) is 0.601. The Hall–Kier alpha value is -1.60. The fourth-order valence-corrected chi connectivity index (χ4v) is 3.43. The smallest absolute Gasteiger partial charge is 0.0345 e. The molecule has 0 saturated heterocycles. The van der Waals surface area contributed by atoms with E-state index in [4.69, 9.17) is 0 Å². The molecule has 1 N–H and O–H groups in total. The number of rotatable bonds is 4. The van der Waals surface area contributed by atoms with E-state index >= 15 is 0 Å². The fraction of sp³-hybridized carbons (Fsp3) is 0.400. The molecule has 0 bridgehead atoms. The Morgan fingerprint density at radius 1 is 0.905 bits per heavy atom. The van der Waals surface area contributed by atoms with Gasteiger partial charge in [-0.3, -0.25) is 0 Å². The Kier molecular flexibility index (Phi) is 4.40. The highest BCUT2D eigenvalue weighted by molar-refractivity contribution is 5.30. The molecule has 110 valence electrons. The molecule has 0 fully saturated rings. The average Bonchev–Trinajstić information content (AvgIpc) is 2.53. The molecule has 2 unspecified atom stereocenters. The van der Waals surface area contributed by atoms with E-state index in [9.17, 15) is 0 Å². The van der Waals surface area contributed by atoms with Crippen LogP contribution in [0.4, 0.5) is 0 Å². The first-order chi connectivity index (χ1) is 10.2. The molecule has 3 rings (SSSR count). The van der Waals surface area contributed by atoms with Gasteiger partial charge in [-0.25, -0.2) is 0 Å². The predicted molar refractivity (Wildman–Crippen MR) is 89.4 cm³/mol. The summed E-state index contributed by atoms with van der Waals surface area (Å²) in [7, 11) is 0. The molecule has 2 aromatic carbocycles. The average molecular weight is 279 g/mol. The van der Waals surface area contributed by atoms with Gasteiger partial charge in [0.1, 0.15) is 0 Å². The Morgan fingerprint density at radius 3 is 2.29 bits per heavy atom. The second-order valence-corrected chi connectivity index (χ2v) is 6.51. The minimum atomic E-state index is 0.446. The monoisotopic (exact) mass is 279 g/mol. The van der Waals surface area contributed by atoms with Crippen molar-refractivity contribution in [1.29, 1.82) is 0 Å². The summed E-state index contributed by atoms with van der Waals surface area (Å²) >= 11 is 0. The van der Waals surface area contributed by atoms with Crippen molar-refractivity contribution in [3.63, 3.8) is 0 Å². The molecular formula is C20H25N. The van der Waals surface area contributed by atoms with Gasteiger partial charge >= 0.3 is 0 Å². The Bertz CT molecular complexity index is 573. The largest absolute Gasteiger partial charge is 0.307 e. The van der Waals surface area contributed by atoms with Crippen LogP contribution in [0.25, 0.3) is 0 Å². The van der Waals surface area contributed by atoms with Crippen LogP contribution in [0.15, 0.2) is 54.6 Å². The van der Waals surface area contributed by atoms with Crippen LogP contribution in [0.2, 0.25) is 0 Å². The molecule has 2 aromatic rings. The molecule has 0 aromatic heterocycles. The van der Waals surface area contributed by atoms with Crippen LogP contribution >= 0.6 is 0 Å². The summed E-state index contributed by atoms with van der Waals surface area (Å²) in [6.07, 6.45) is 3.60. The van der Waals surface area contributed by atoms with Crippen molar-refractivity contribution in [2.45, 2.75) is 45.2 Å². The molecule has 0 heterocycles. The van der Waals surface area contributed by atoms with Crippen LogP contribution in [0.1, 0.15) is 43.0 Å². The standard InChI is InChI=1S/C20H25N/c1-15(2)20(17-9-4-3-5-10-17)21-19-13-12-16-8-6-7-11-18(16)14-19/h3-11,15,19-21H,12-14H2,1-2H3. The van der Waals surface area contributed by atoms with Crippen LogP contribution in [0.3, 0.4) is 0 Å². The Morgan fingerprint density at radius 2 is 1.57 bits per heavy atom. The first-order valence-corrected chi connectivity index (χ1v) is 8.12. The third-order valence-electron chi connectivity index (χ3n) is 4.59. The first kappa shape index (κ1) is 14.3. The lowest BCUT2D eigenvalue weighted by molar-refractivity contribution is 0.338. The number of nitrogens with one attached hydrogen (secondary N) is 1. The highest BCUT2D eigenvalue weighted by Crippen LogP contribution is 2.26. The molecular weight excluding hydrogens is 254 g/mol. The fourth-order valence-electron chi connectivity index (χ4n) is 3.43. The van der Waals surface area contributed by atoms with Crippen molar-refractivity contribution in [2.24, 2.45) is 5.92 Å². The molecule has 1 heteroatoms. The molecule has 1 aliphatic rings. The van der Waals surface area contributed by atoms with Crippen molar-refractivity contribution in [3.8, 4) is 0 Å². The van der Waals surface area contributed by atoms with Crippen LogP contribution < -0.4 is 5.32 Å². The third kappa shape index (κ3) is 3.36. The summed E-state index contributed by atoms with van der Waals surface area (Å²) in [6, 6.07) is 20.8. The summed E-state index contributed by atoms with van der Waals surface area (Å²) in [5, 5.41) is 3.91. The maximum absolute atomic E-state index is 3.91. The topological polar surface area (TPSA) is 12.0 Å². The van der Waals surface area contributed by atoms with E-state index in [1.54, 1.807) is 0 Å². The number of fused-ring (bicyclic) bond motifs is 1. The summed E-state index contributed by atoms with van der Waals surface area (Å²) in [4.78, 5) is 0. The molecule has 0 amide bonds. The molecule has 0 spiro atoms. The predicted octanol–water partition coefficient (Wildman–Crippen LogP) is 4.53. The van der Waals surface area contributed by atoms with Gasteiger partial charge in [0.15, 0.2) is 0 Å². The van der Waals surface area contributed by atoms with E-state index in [1.807, 2.05) is 0 Å². The van der Waals surface area contributed by atoms with Gasteiger partial charge in [0.25, 0.3) is 0 Å². The lowest BCUT2D eigenvalue weighted by Crippen LogP contribution is -2.39. The minimum Gasteiger partial charge on any atom is -0.307 e. The van der Waals surface area contributed by atoms with E-state index in [2.05, 4.69) is 73.8 Å². The van der Waals surface area contributed by atoms with Gasteiger partial charge in [0, 0.05) is 12.1 Å². The summed E-state index contributed by atoms with van der Waals surface area (Å²) in [6.45, 7) is 4.61. The van der Waals surface area contributed by atoms with Crippen molar-refractivity contribution in [1.82, 2.24) is 5.32 Å². The van der Waals surface area contributed by atoms with E-state index in [0.29, 0.717) is 18.0 Å². The van der Waals surface area contributed by atoms with Gasteiger partial charge in [-0.05, 0) is 41.9 Å². The zero-order chi connectivity index (χ0) is 14.7. The zero-order valence-electron chi connectivity index (χ0n) is 13.0. The van der Waals surface area contributed by atoms with Crippen LogP contribution in [0, 0.1) is 5.92 Å². The SMILES string of the molecule is CC(C)C(NC1CCc2ccccc2C1)c1ccccc1. The van der Waals surface area contributed by atoms with Crippen LogP contribution in [-0.2, 0) is 12.8 Å². The van der Waals surface area contributed by atoms with Crippen molar-refractivity contribution < 1.29 is 0 Å². The zero-order valence-corrected chi connectivity index (χ0v) is 13.0. The molecule has 2 atom stereocenters. The highest BCUT2D eigenvalue weighted by Gasteiger charge is 2.23. The van der Waals surface area contributed by atoms with E-state index < -0.39 is 0 Å². The van der Waals surface area contributed by atoms with Gasteiger partial charge in [-0.2, -0.15) is 0 Å². The van der Waals surface area contributed by atoms with E-state index in [1.165, 1.54) is 29.5 Å². The van der Waals surface area contributed by atoms with Gasteiger partial charge in [0.05, 0.1) is 0 Å². The van der Waals surface area contributed by atoms with Gasteiger partial charge in [-0.1, -0.05) is 68.4 Å². The maximum atomic E-state index is 3.91. The normalized spacial score (nSPS) is 19.3. The lowest BCUT2D eigenvalue weighted by Gasteiger charge is -2.32. The number of hydrogen-bond donors (Lipinski definition) is 1. The van der Waals surface area contributed by atoms with Crippen LogP contribution in [0.5, 0.6) is 0 Å². The number of benzene rings is 2. The van der Waals surface area contributed by atoms with Gasteiger partial charge in [-0.15, -0.1) is 0 Å². The molecule has 0 aliphatic heterocycles. The highest BCUT2D eigenvalue weighted by atomic mass is 15.0. The maximum Gasteiger partial charge on any atom is 0.0345 e. The van der Waals surface area contributed by atoms with Crippen molar-refractivity contribution in [2.75, 3.05) is 0 Å². The molecule has 1 nitrogen and oxygen atoms in total. The second kappa shape index (κ2) is 6.44. The van der Waals surface area contributed by atoms with Crippen molar-refractivity contribution >= 4 is 0 Å². The van der Waals surface area contributed by atoms with Crippen molar-refractivity contribution in [3.05, 3.63) is 71.3 Å². The molecule has 21 heavy (non-hydrogen) atoms. The first-order valence-electron chi connectivity index (χ1n) is 8.12. The van der Waals surface area contributed by atoms with E-state index in [-0.39, 0.29) is 0 Å². The Balaban J connectivity index is 1.73. The summed E-state index contributed by atoms with van der Waals surface area (Å²) < 4.78 is 0. The lowest BCUT2D eigenvalue weighted by atomic mass is 9.86. The quantitative estimate of drug-likeness (QED) is 0.867. The molecule has 0 saturated carbocycles. The van der Waals surface area contributed by atoms with Crippen LogP contribution in [-0.4, -0.2) is 6.04 Å². The van der Waals surface area contributed by atoms with Gasteiger partial charge < -0.3 is 5.32 Å². The minimum absolute atomic E-state index is 0.446. The molecule has 0 radical (unpaired) electrons. The number of hydrogen-bond acceptors (Lipinski definition) is 1. The second-order valence-electron chi connectivity index (χ2n) is 6.51. The summed E-state index contributed by atoms with van der Waals surface area (Å²) in [5.41, 5.74) is 4.47. The van der Waals surface area contributed by atoms with Gasteiger partial charge in [0.2, 0.25) is 0 Å². The number of aryl methyl sites for hydroxylation is 1. The molecule has 1 aliphatic carbocycles. The third-order valence-corrected chi connectivity index (χ3v) is 4.59.